The summed E-state index contributed by atoms with van der Waals surface area (Å²) in [5.41, 5.74) is 0.755. The largest absolute Gasteiger partial charge is 0.480 e. The third-order valence-corrected chi connectivity index (χ3v) is 5.45. The van der Waals surface area contributed by atoms with Crippen molar-refractivity contribution in [3.05, 3.63) is 23.5 Å². The van der Waals surface area contributed by atoms with E-state index in [2.05, 4.69) is 15.1 Å². The smallest absolute Gasteiger partial charge is 0.326 e. The Morgan fingerprint density at radius 3 is 2.40 bits per heavy atom. The maximum absolute atomic E-state index is 12.5. The molecule has 0 fully saturated rings. The number of sulfonamides is 1. The fourth-order valence-electron chi connectivity index (χ4n) is 2.28. The number of carboxylic acid groups (broad SMARTS) is 1. The minimum atomic E-state index is -3.97. The molecular formula is C15H24N4O5S. The predicted molar refractivity (Wildman–Crippen MR) is 91.5 cm³/mol. The molecule has 0 aliphatic heterocycles. The van der Waals surface area contributed by atoms with Gasteiger partial charge in [0, 0.05) is 7.05 Å². The maximum atomic E-state index is 12.5. The van der Waals surface area contributed by atoms with Gasteiger partial charge in [0.1, 0.15) is 10.9 Å². The highest BCUT2D eigenvalue weighted by atomic mass is 32.2. The van der Waals surface area contributed by atoms with Crippen LogP contribution < -0.4 is 10.0 Å². The number of hydrogen-bond donors (Lipinski definition) is 3. The maximum Gasteiger partial charge on any atom is 0.326 e. The number of hydrogen-bond acceptors (Lipinski definition) is 5. The van der Waals surface area contributed by atoms with E-state index in [4.69, 9.17) is 5.11 Å². The second-order valence-electron chi connectivity index (χ2n) is 5.67. The Morgan fingerprint density at radius 1 is 1.36 bits per heavy atom. The molecule has 0 radical (unpaired) electrons. The number of amides is 1. The average Bonchev–Trinajstić information content (AvgIpc) is 2.75. The van der Waals surface area contributed by atoms with Gasteiger partial charge in [-0.05, 0) is 34.1 Å². The number of aliphatic carboxylic acids is 1. The summed E-state index contributed by atoms with van der Waals surface area (Å²) in [6.45, 7) is 6.25. The Balaban J connectivity index is 2.91. The second kappa shape index (κ2) is 8.26. The number of rotatable bonds is 8. The lowest BCUT2D eigenvalue weighted by atomic mass is 10.2. The van der Waals surface area contributed by atoms with E-state index in [1.54, 1.807) is 40.0 Å². The van der Waals surface area contributed by atoms with Gasteiger partial charge in [-0.1, -0.05) is 12.2 Å². The van der Waals surface area contributed by atoms with Crippen LogP contribution in [0.4, 0.5) is 0 Å². The summed E-state index contributed by atoms with van der Waals surface area (Å²) in [7, 11) is -2.35. The minimum absolute atomic E-state index is 0.0124. The topological polar surface area (TPSA) is 130 Å². The molecule has 1 aromatic heterocycles. The highest BCUT2D eigenvalue weighted by molar-refractivity contribution is 7.89. The molecule has 9 nitrogen and oxygen atoms in total. The van der Waals surface area contributed by atoms with Gasteiger partial charge in [-0.3, -0.25) is 9.48 Å². The van der Waals surface area contributed by atoms with Gasteiger partial charge in [-0.15, -0.1) is 0 Å². The third kappa shape index (κ3) is 5.13. The highest BCUT2D eigenvalue weighted by Gasteiger charge is 2.29. The van der Waals surface area contributed by atoms with E-state index in [0.29, 0.717) is 11.4 Å². The molecule has 0 saturated carbocycles. The molecule has 25 heavy (non-hydrogen) atoms. The number of aryl methyl sites for hydroxylation is 2. The molecule has 0 saturated heterocycles. The lowest BCUT2D eigenvalue weighted by molar-refractivity contribution is -0.141. The minimum Gasteiger partial charge on any atom is -0.480 e. The van der Waals surface area contributed by atoms with Crippen molar-refractivity contribution in [3.63, 3.8) is 0 Å². The molecule has 0 bridgehead atoms. The van der Waals surface area contributed by atoms with Crippen LogP contribution in [0.25, 0.3) is 0 Å². The SMILES string of the molecule is C/C=C/CC(NC(=O)C(C)NS(=O)(=O)c1c(C)nn(C)c1C)C(=O)O. The standard InChI is InChI=1S/C15H24N4O5S/c1-6-7-8-12(15(21)22)16-14(20)10(3)18-25(23,24)13-9(2)17-19(5)11(13)4/h6-7,10,12,18H,8H2,1-5H3,(H,16,20)(H,21,22)/b7-6+. The van der Waals surface area contributed by atoms with E-state index in [0.717, 1.165) is 0 Å². The summed E-state index contributed by atoms with van der Waals surface area (Å²) in [5, 5.41) is 15.5. The van der Waals surface area contributed by atoms with E-state index in [9.17, 15) is 18.0 Å². The van der Waals surface area contributed by atoms with Crippen molar-refractivity contribution in [1.29, 1.82) is 0 Å². The Bertz CT molecular complexity index is 782. The molecule has 1 aromatic rings. The van der Waals surface area contributed by atoms with E-state index in [1.165, 1.54) is 11.6 Å². The van der Waals surface area contributed by atoms with Crippen LogP contribution in [-0.2, 0) is 26.7 Å². The van der Waals surface area contributed by atoms with Crippen molar-refractivity contribution < 1.29 is 23.1 Å². The first kappa shape index (κ1) is 20.8. The van der Waals surface area contributed by atoms with Gasteiger partial charge >= 0.3 is 5.97 Å². The van der Waals surface area contributed by atoms with Gasteiger partial charge < -0.3 is 10.4 Å². The molecule has 1 heterocycles. The quantitative estimate of drug-likeness (QED) is 0.560. The third-order valence-electron chi connectivity index (χ3n) is 3.66. The Kier molecular flexibility index (Phi) is 6.88. The number of carboxylic acids is 1. The Morgan fingerprint density at radius 2 is 1.96 bits per heavy atom. The molecular weight excluding hydrogens is 348 g/mol. The van der Waals surface area contributed by atoms with Gasteiger partial charge in [0.15, 0.2) is 0 Å². The fraction of sp³-hybridized carbons (Fsp3) is 0.533. The van der Waals surface area contributed by atoms with Crippen LogP contribution in [0.2, 0.25) is 0 Å². The number of carbonyl (C=O) groups excluding carboxylic acids is 1. The number of nitrogens with zero attached hydrogens (tertiary/aromatic N) is 2. The lowest BCUT2D eigenvalue weighted by Crippen LogP contribution is -2.50. The van der Waals surface area contributed by atoms with Gasteiger partial charge in [0.05, 0.1) is 17.4 Å². The molecule has 2 atom stereocenters. The van der Waals surface area contributed by atoms with Crippen molar-refractivity contribution in [3.8, 4) is 0 Å². The van der Waals surface area contributed by atoms with Crippen LogP contribution in [0.1, 0.15) is 31.7 Å². The zero-order chi connectivity index (χ0) is 19.4. The van der Waals surface area contributed by atoms with Crippen molar-refractivity contribution in [2.24, 2.45) is 7.05 Å². The van der Waals surface area contributed by atoms with E-state index >= 15 is 0 Å². The van der Waals surface area contributed by atoms with Crippen molar-refractivity contribution in [1.82, 2.24) is 19.8 Å². The van der Waals surface area contributed by atoms with E-state index in [1.807, 2.05) is 0 Å². The van der Waals surface area contributed by atoms with Crippen LogP contribution in [0.15, 0.2) is 17.0 Å². The molecule has 140 valence electrons. The average molecular weight is 372 g/mol. The Hall–Kier alpha value is -2.20. The van der Waals surface area contributed by atoms with Crippen molar-refractivity contribution in [2.75, 3.05) is 0 Å². The zero-order valence-electron chi connectivity index (χ0n) is 14.9. The monoisotopic (exact) mass is 372 g/mol. The molecule has 1 amide bonds. The summed E-state index contributed by atoms with van der Waals surface area (Å²) < 4.78 is 28.7. The first-order valence-electron chi connectivity index (χ1n) is 7.68. The molecule has 0 aliphatic carbocycles. The van der Waals surface area contributed by atoms with Crippen LogP contribution in [-0.4, -0.2) is 47.3 Å². The second-order valence-corrected chi connectivity index (χ2v) is 7.32. The van der Waals surface area contributed by atoms with Crippen molar-refractivity contribution in [2.45, 2.75) is 51.1 Å². The van der Waals surface area contributed by atoms with Crippen LogP contribution in [0.5, 0.6) is 0 Å². The molecule has 3 N–H and O–H groups in total. The van der Waals surface area contributed by atoms with Gasteiger partial charge in [0.2, 0.25) is 15.9 Å². The number of carbonyl (C=O) groups is 2. The first-order valence-corrected chi connectivity index (χ1v) is 9.16. The van der Waals surface area contributed by atoms with Crippen LogP contribution in [0.3, 0.4) is 0 Å². The van der Waals surface area contributed by atoms with E-state index < -0.39 is 34.0 Å². The fourth-order valence-corrected chi connectivity index (χ4v) is 3.92. The number of nitrogens with one attached hydrogen (secondary N) is 2. The molecule has 0 aliphatic rings. The normalized spacial score (nSPS) is 14.4. The number of aromatic nitrogens is 2. The molecule has 10 heteroatoms. The summed E-state index contributed by atoms with van der Waals surface area (Å²) in [6.07, 6.45) is 3.39. The highest BCUT2D eigenvalue weighted by Crippen LogP contribution is 2.18. The predicted octanol–water partition coefficient (Wildman–Crippen LogP) is 0.239. The lowest BCUT2D eigenvalue weighted by Gasteiger charge is -2.18. The summed E-state index contributed by atoms with van der Waals surface area (Å²) >= 11 is 0. The van der Waals surface area contributed by atoms with Gasteiger partial charge in [-0.25, -0.2) is 13.2 Å². The van der Waals surface area contributed by atoms with Crippen molar-refractivity contribution >= 4 is 21.9 Å². The summed E-state index contributed by atoms with van der Waals surface area (Å²) in [5.74, 6) is -1.92. The molecule has 0 spiro atoms. The van der Waals surface area contributed by atoms with Crippen LogP contribution >= 0.6 is 0 Å². The van der Waals surface area contributed by atoms with E-state index in [-0.39, 0.29) is 11.3 Å². The van der Waals surface area contributed by atoms with Gasteiger partial charge in [0.25, 0.3) is 0 Å². The van der Waals surface area contributed by atoms with Crippen LogP contribution in [0, 0.1) is 13.8 Å². The zero-order valence-corrected chi connectivity index (χ0v) is 15.7. The summed E-state index contributed by atoms with van der Waals surface area (Å²) in [4.78, 5) is 23.3. The molecule has 2 unspecified atom stereocenters. The first-order chi connectivity index (χ1) is 11.5. The molecule has 1 rings (SSSR count). The molecule has 0 aromatic carbocycles. The summed E-state index contributed by atoms with van der Waals surface area (Å²) in [6, 6.07) is -2.27. The van der Waals surface area contributed by atoms with Gasteiger partial charge in [-0.2, -0.15) is 9.82 Å². The number of allylic oxidation sites excluding steroid dienone is 1. The Labute approximate surface area is 147 Å².